The first kappa shape index (κ1) is 24.4. The van der Waals surface area contributed by atoms with Crippen LogP contribution in [0.2, 0.25) is 0 Å². The molecule has 5 rings (SSSR count). The summed E-state index contributed by atoms with van der Waals surface area (Å²) in [7, 11) is 1.24. The highest BCUT2D eigenvalue weighted by atomic mass is 16.7. The highest BCUT2D eigenvalue weighted by Gasteiger charge is 2.21. The average Bonchev–Trinajstić information content (AvgIpc) is 3.52. The van der Waals surface area contributed by atoms with E-state index in [1.807, 2.05) is 54.8 Å². The summed E-state index contributed by atoms with van der Waals surface area (Å²) in [6, 6.07) is 16.8. The van der Waals surface area contributed by atoms with Gasteiger partial charge in [-0.1, -0.05) is 0 Å². The van der Waals surface area contributed by atoms with Crippen molar-refractivity contribution in [1.29, 1.82) is 5.26 Å². The van der Waals surface area contributed by atoms with Crippen molar-refractivity contribution in [2.45, 2.75) is 26.9 Å². The molecular formula is C26H23N9O3. The first-order chi connectivity index (χ1) is 18.4. The summed E-state index contributed by atoms with van der Waals surface area (Å²) in [6.07, 6.45) is 0.173. The molecule has 4 heterocycles. The van der Waals surface area contributed by atoms with Crippen LogP contribution in [0.25, 0.3) is 22.7 Å². The Balaban J connectivity index is 1.55. The second-order valence-electron chi connectivity index (χ2n) is 8.49. The summed E-state index contributed by atoms with van der Waals surface area (Å²) in [5.74, 6) is 1.61. The van der Waals surface area contributed by atoms with E-state index < -0.39 is 12.3 Å². The van der Waals surface area contributed by atoms with Crippen LogP contribution >= 0.6 is 0 Å². The molecule has 1 aromatic carbocycles. The standard InChI is InChI=1S/C26H23N9O3/c1-15-5-9-23(32-31-15)29-18-6-8-22-21(12-18)28-14-34(22)24-10-7-20(17(3)38-26(36)37-4)25(30-24)35-16(2)11-19(13-27)33-35/h5-12,14,17H,1-4H3,(H,29,32)/t17-/m0/s1. The van der Waals surface area contributed by atoms with Gasteiger partial charge < -0.3 is 14.8 Å². The minimum atomic E-state index is -0.816. The van der Waals surface area contributed by atoms with Gasteiger partial charge in [0.2, 0.25) is 0 Å². The number of nitrogens with zero attached hydrogens (tertiary/aromatic N) is 8. The van der Waals surface area contributed by atoms with Gasteiger partial charge in [-0.2, -0.15) is 15.5 Å². The lowest BCUT2D eigenvalue weighted by atomic mass is 10.1. The summed E-state index contributed by atoms with van der Waals surface area (Å²) in [6.45, 7) is 5.41. The summed E-state index contributed by atoms with van der Waals surface area (Å²) in [5.41, 5.74) is 4.75. The molecule has 38 heavy (non-hydrogen) atoms. The number of aromatic nitrogens is 7. The number of nitrogens with one attached hydrogen (secondary N) is 1. The molecule has 190 valence electrons. The van der Waals surface area contributed by atoms with Crippen molar-refractivity contribution in [3.8, 4) is 17.7 Å². The Hall–Kier alpha value is -5.31. The van der Waals surface area contributed by atoms with E-state index in [2.05, 4.69) is 30.3 Å². The van der Waals surface area contributed by atoms with Crippen LogP contribution in [0.1, 0.15) is 35.7 Å². The monoisotopic (exact) mass is 509 g/mol. The number of carbonyl (C=O) groups excluding carboxylic acids is 1. The predicted molar refractivity (Wildman–Crippen MR) is 137 cm³/mol. The Labute approximate surface area is 217 Å². The SMILES string of the molecule is COC(=O)O[C@@H](C)c1ccc(-n2cnc3cc(Nc4ccc(C)nn4)ccc32)nc1-n1nc(C#N)cc1C. The number of rotatable bonds is 6. The van der Waals surface area contributed by atoms with Gasteiger partial charge in [0.1, 0.15) is 24.3 Å². The molecule has 0 aliphatic rings. The van der Waals surface area contributed by atoms with E-state index in [1.54, 1.807) is 36.1 Å². The minimum absolute atomic E-state index is 0.244. The maximum Gasteiger partial charge on any atom is 0.508 e. The molecule has 0 aliphatic heterocycles. The second kappa shape index (κ2) is 9.98. The molecule has 0 amide bonds. The fourth-order valence-corrected chi connectivity index (χ4v) is 3.96. The first-order valence-corrected chi connectivity index (χ1v) is 11.6. The number of pyridine rings is 1. The summed E-state index contributed by atoms with van der Waals surface area (Å²) in [5, 5.41) is 25.1. The van der Waals surface area contributed by atoms with Gasteiger partial charge in [-0.25, -0.2) is 19.4 Å². The predicted octanol–water partition coefficient (Wildman–Crippen LogP) is 4.47. The molecule has 12 nitrogen and oxygen atoms in total. The zero-order valence-electron chi connectivity index (χ0n) is 21.1. The molecular weight excluding hydrogens is 486 g/mol. The molecule has 0 fully saturated rings. The van der Waals surface area contributed by atoms with Crippen LogP contribution in [0.3, 0.4) is 0 Å². The lowest BCUT2D eigenvalue weighted by Gasteiger charge is -2.18. The van der Waals surface area contributed by atoms with Crippen molar-refractivity contribution in [2.24, 2.45) is 0 Å². The van der Waals surface area contributed by atoms with E-state index in [-0.39, 0.29) is 5.69 Å². The zero-order valence-corrected chi connectivity index (χ0v) is 21.1. The Kier molecular flexibility index (Phi) is 6.40. The highest BCUT2D eigenvalue weighted by molar-refractivity contribution is 5.82. The van der Waals surface area contributed by atoms with E-state index >= 15 is 0 Å². The van der Waals surface area contributed by atoms with E-state index in [1.165, 1.54) is 7.11 Å². The molecule has 4 aromatic heterocycles. The smallest absolute Gasteiger partial charge is 0.438 e. The van der Waals surface area contributed by atoms with E-state index in [0.717, 1.165) is 22.4 Å². The quantitative estimate of drug-likeness (QED) is 0.325. The topological polar surface area (TPSA) is 146 Å². The van der Waals surface area contributed by atoms with Crippen LogP contribution in [0.5, 0.6) is 0 Å². The molecule has 5 aromatic rings. The molecule has 0 bridgehead atoms. The Morgan fingerprint density at radius 2 is 1.95 bits per heavy atom. The fourth-order valence-electron chi connectivity index (χ4n) is 3.96. The van der Waals surface area contributed by atoms with Crippen molar-refractivity contribution >= 4 is 28.7 Å². The largest absolute Gasteiger partial charge is 0.508 e. The number of imidazole rings is 1. The summed E-state index contributed by atoms with van der Waals surface area (Å²) < 4.78 is 13.4. The van der Waals surface area contributed by atoms with Gasteiger partial charge in [-0.3, -0.25) is 4.57 Å². The Morgan fingerprint density at radius 1 is 1.11 bits per heavy atom. The van der Waals surface area contributed by atoms with Crippen LogP contribution in [0.15, 0.2) is 54.9 Å². The third kappa shape index (κ3) is 4.72. The van der Waals surface area contributed by atoms with Crippen LogP contribution in [-0.2, 0) is 9.47 Å². The second-order valence-corrected chi connectivity index (χ2v) is 8.49. The van der Waals surface area contributed by atoms with Gasteiger partial charge in [0.25, 0.3) is 0 Å². The normalized spacial score (nSPS) is 11.7. The van der Waals surface area contributed by atoms with Gasteiger partial charge in [0.05, 0.1) is 23.8 Å². The van der Waals surface area contributed by atoms with Crippen molar-refractivity contribution in [1.82, 2.24) is 34.5 Å². The number of benzene rings is 1. The maximum atomic E-state index is 11.8. The van der Waals surface area contributed by atoms with Crippen LogP contribution in [-0.4, -0.2) is 47.8 Å². The lowest BCUT2D eigenvalue weighted by Crippen LogP contribution is -2.14. The lowest BCUT2D eigenvalue weighted by molar-refractivity contribution is 0.0428. The number of fused-ring (bicyclic) bond motifs is 1. The molecule has 0 spiro atoms. The average molecular weight is 510 g/mol. The van der Waals surface area contributed by atoms with Gasteiger partial charge in [0.15, 0.2) is 17.3 Å². The van der Waals surface area contributed by atoms with Crippen molar-refractivity contribution in [3.05, 3.63) is 77.5 Å². The van der Waals surface area contributed by atoms with Gasteiger partial charge in [0, 0.05) is 16.9 Å². The Bertz CT molecular complexity index is 1680. The van der Waals surface area contributed by atoms with Crippen molar-refractivity contribution in [2.75, 3.05) is 12.4 Å². The fraction of sp³-hybridized carbons (Fsp3) is 0.192. The molecule has 0 radical (unpaired) electrons. The number of nitriles is 1. The molecule has 12 heteroatoms. The molecule has 1 N–H and O–H groups in total. The first-order valence-electron chi connectivity index (χ1n) is 11.6. The number of ether oxygens (including phenoxy) is 2. The van der Waals surface area contributed by atoms with Crippen LogP contribution in [0.4, 0.5) is 16.3 Å². The van der Waals surface area contributed by atoms with Crippen LogP contribution in [0, 0.1) is 25.2 Å². The van der Waals surface area contributed by atoms with E-state index in [0.29, 0.717) is 28.7 Å². The molecule has 0 saturated heterocycles. The maximum absolute atomic E-state index is 11.8. The number of aryl methyl sites for hydroxylation is 2. The number of carbonyl (C=O) groups is 1. The molecule has 0 saturated carbocycles. The zero-order chi connectivity index (χ0) is 26.8. The van der Waals surface area contributed by atoms with Crippen LogP contribution < -0.4 is 5.32 Å². The highest BCUT2D eigenvalue weighted by Crippen LogP contribution is 2.28. The van der Waals surface area contributed by atoms with E-state index in [4.69, 9.17) is 9.72 Å². The third-order valence-corrected chi connectivity index (χ3v) is 5.84. The van der Waals surface area contributed by atoms with Gasteiger partial charge in [-0.05, 0) is 69.3 Å². The molecule has 1 atom stereocenters. The minimum Gasteiger partial charge on any atom is -0.438 e. The summed E-state index contributed by atoms with van der Waals surface area (Å²) in [4.78, 5) is 21.2. The Morgan fingerprint density at radius 3 is 2.66 bits per heavy atom. The molecule has 0 unspecified atom stereocenters. The van der Waals surface area contributed by atoms with Gasteiger partial charge in [-0.15, -0.1) is 5.10 Å². The van der Waals surface area contributed by atoms with Gasteiger partial charge >= 0.3 is 6.16 Å². The number of hydrogen-bond donors (Lipinski definition) is 1. The third-order valence-electron chi connectivity index (χ3n) is 5.84. The van der Waals surface area contributed by atoms with Crippen molar-refractivity contribution < 1.29 is 14.3 Å². The van der Waals surface area contributed by atoms with Crippen molar-refractivity contribution in [3.63, 3.8) is 0 Å². The number of anilines is 2. The number of hydrogen-bond acceptors (Lipinski definition) is 10. The van der Waals surface area contributed by atoms with E-state index in [9.17, 15) is 10.1 Å². The number of methoxy groups -OCH3 is 1. The summed E-state index contributed by atoms with van der Waals surface area (Å²) >= 11 is 0. The molecule has 0 aliphatic carbocycles.